The fraction of sp³-hybridized carbons (Fsp3) is 0.360. The average Bonchev–Trinajstić information content (AvgIpc) is 2.79. The number of rotatable bonds is 8. The Bertz CT molecular complexity index is 1090. The number of hydrogen-bond acceptors (Lipinski definition) is 6. The molecule has 0 saturated carbocycles. The molecule has 0 spiro atoms. The maximum atomic E-state index is 12.2. The molecule has 1 aromatic heterocycles. The zero-order chi connectivity index (χ0) is 22.5. The lowest BCUT2D eigenvalue weighted by molar-refractivity contribution is -0.136. The smallest absolute Gasteiger partial charge is 0.236 e. The molecule has 1 aliphatic heterocycles. The molecule has 1 atom stereocenters. The largest absolute Gasteiger partial charge is 0.491 e. The number of nitrogens with two attached hydrogens (primary N) is 1. The summed E-state index contributed by atoms with van der Waals surface area (Å²) in [6.07, 6.45) is 3.74. The van der Waals surface area contributed by atoms with Crippen molar-refractivity contribution in [1.82, 2.24) is 14.8 Å². The van der Waals surface area contributed by atoms with Gasteiger partial charge in [-0.1, -0.05) is 25.1 Å². The zero-order valence-corrected chi connectivity index (χ0v) is 18.4. The number of hydrogen-bond donors (Lipinski definition) is 2. The molecule has 1 aliphatic rings. The number of aliphatic hydroxyl groups is 1. The molecule has 3 aromatic rings. The Balaban J connectivity index is 1.37. The van der Waals surface area contributed by atoms with Crippen molar-refractivity contribution in [3.8, 4) is 16.9 Å². The standard InChI is InChI=1S/C25H30N4O3/c1-2-9-29-11-10-28(16-25(29)31)15-21(30)17-32-22-6-5-18-3-4-19(12-20(18)13-22)23-14-27-8-7-24(23)26/h3-8,12-14,21,30H,2,9-11,15-17H2,1H3,(H2,26,27). The van der Waals surface area contributed by atoms with Gasteiger partial charge in [-0.2, -0.15) is 0 Å². The fourth-order valence-electron chi connectivity index (χ4n) is 4.09. The highest BCUT2D eigenvalue weighted by molar-refractivity contribution is 5.90. The number of amides is 1. The second kappa shape index (κ2) is 9.97. The first-order valence-corrected chi connectivity index (χ1v) is 11.1. The van der Waals surface area contributed by atoms with E-state index in [1.54, 1.807) is 18.5 Å². The van der Waals surface area contributed by atoms with Crippen molar-refractivity contribution in [2.24, 2.45) is 0 Å². The third-order valence-electron chi connectivity index (χ3n) is 5.78. The molecular weight excluding hydrogens is 404 g/mol. The predicted octanol–water partition coefficient (Wildman–Crippen LogP) is 2.78. The molecule has 4 rings (SSSR count). The maximum Gasteiger partial charge on any atom is 0.236 e. The van der Waals surface area contributed by atoms with Gasteiger partial charge in [-0.05, 0) is 47.0 Å². The monoisotopic (exact) mass is 434 g/mol. The molecule has 3 N–H and O–H groups in total. The van der Waals surface area contributed by atoms with Gasteiger partial charge in [0, 0.05) is 49.8 Å². The minimum absolute atomic E-state index is 0.130. The first kappa shape index (κ1) is 22.0. The number of carbonyl (C=O) groups excluding carboxylic acids is 1. The van der Waals surface area contributed by atoms with Gasteiger partial charge in [0.25, 0.3) is 0 Å². The van der Waals surface area contributed by atoms with E-state index in [9.17, 15) is 9.90 Å². The van der Waals surface area contributed by atoms with Gasteiger partial charge in [0.2, 0.25) is 5.91 Å². The number of nitrogens with zero attached hydrogens (tertiary/aromatic N) is 3. The Morgan fingerprint density at radius 1 is 1.16 bits per heavy atom. The van der Waals surface area contributed by atoms with Crippen molar-refractivity contribution < 1.29 is 14.6 Å². The number of nitrogen functional groups attached to an aromatic ring is 1. The summed E-state index contributed by atoms with van der Waals surface area (Å²) in [5.74, 6) is 0.822. The lowest BCUT2D eigenvalue weighted by atomic mass is 10.0. The summed E-state index contributed by atoms with van der Waals surface area (Å²) in [5.41, 5.74) is 8.67. The number of β-amino-alcohol motifs (C(OH)–C–C–N with tert-alkyl or cyclic N) is 1. The Hall–Kier alpha value is -3.16. The van der Waals surface area contributed by atoms with E-state index in [0.29, 0.717) is 31.1 Å². The molecule has 1 unspecified atom stereocenters. The van der Waals surface area contributed by atoms with Crippen molar-refractivity contribution in [3.05, 3.63) is 54.9 Å². The SMILES string of the molecule is CCCN1CCN(CC(O)COc2ccc3ccc(-c4cnccc4N)cc3c2)CC1=O. The highest BCUT2D eigenvalue weighted by Gasteiger charge is 2.24. The second-order valence-electron chi connectivity index (χ2n) is 8.27. The number of fused-ring (bicyclic) bond motifs is 1. The number of aromatic nitrogens is 1. The van der Waals surface area contributed by atoms with Gasteiger partial charge in [-0.3, -0.25) is 14.7 Å². The number of ether oxygens (including phenoxy) is 1. The van der Waals surface area contributed by atoms with Crippen molar-refractivity contribution >= 4 is 22.4 Å². The normalized spacial score (nSPS) is 15.8. The molecule has 7 heteroatoms. The molecule has 1 fully saturated rings. The fourth-order valence-corrected chi connectivity index (χ4v) is 4.09. The lowest BCUT2D eigenvalue weighted by Gasteiger charge is -2.35. The van der Waals surface area contributed by atoms with Gasteiger partial charge in [0.05, 0.1) is 6.54 Å². The molecule has 2 aromatic carbocycles. The molecule has 2 heterocycles. The van der Waals surface area contributed by atoms with Crippen LogP contribution >= 0.6 is 0 Å². The topological polar surface area (TPSA) is 91.9 Å². The summed E-state index contributed by atoms with van der Waals surface area (Å²) in [6.45, 7) is 5.31. The van der Waals surface area contributed by atoms with E-state index < -0.39 is 6.10 Å². The molecule has 0 radical (unpaired) electrons. The third-order valence-corrected chi connectivity index (χ3v) is 5.78. The number of benzene rings is 2. The lowest BCUT2D eigenvalue weighted by Crippen LogP contribution is -2.52. The highest BCUT2D eigenvalue weighted by atomic mass is 16.5. The van der Waals surface area contributed by atoms with E-state index >= 15 is 0 Å². The molecular formula is C25H30N4O3. The van der Waals surface area contributed by atoms with Crippen LogP contribution in [-0.2, 0) is 4.79 Å². The summed E-state index contributed by atoms with van der Waals surface area (Å²) in [5, 5.41) is 12.6. The number of aliphatic hydroxyl groups excluding tert-OH is 1. The minimum Gasteiger partial charge on any atom is -0.491 e. The van der Waals surface area contributed by atoms with Gasteiger partial charge in [0.1, 0.15) is 18.5 Å². The first-order valence-electron chi connectivity index (χ1n) is 11.1. The van der Waals surface area contributed by atoms with E-state index in [0.717, 1.165) is 41.4 Å². The molecule has 7 nitrogen and oxygen atoms in total. The summed E-state index contributed by atoms with van der Waals surface area (Å²) in [6, 6.07) is 13.8. The average molecular weight is 435 g/mol. The molecule has 168 valence electrons. The predicted molar refractivity (Wildman–Crippen MR) is 126 cm³/mol. The molecule has 0 aliphatic carbocycles. The quantitative estimate of drug-likeness (QED) is 0.566. The summed E-state index contributed by atoms with van der Waals surface area (Å²) < 4.78 is 5.86. The van der Waals surface area contributed by atoms with Crippen LogP contribution in [0.1, 0.15) is 13.3 Å². The Labute approximate surface area is 188 Å². The first-order chi connectivity index (χ1) is 15.5. The van der Waals surface area contributed by atoms with E-state index in [-0.39, 0.29) is 12.5 Å². The summed E-state index contributed by atoms with van der Waals surface area (Å²) >= 11 is 0. The van der Waals surface area contributed by atoms with Crippen LogP contribution in [0.2, 0.25) is 0 Å². The van der Waals surface area contributed by atoms with Crippen LogP contribution in [0.3, 0.4) is 0 Å². The van der Waals surface area contributed by atoms with Crippen LogP contribution in [0.5, 0.6) is 5.75 Å². The Kier molecular flexibility index (Phi) is 6.87. The molecule has 1 amide bonds. The van der Waals surface area contributed by atoms with Crippen molar-refractivity contribution in [2.75, 3.05) is 45.1 Å². The highest BCUT2D eigenvalue weighted by Crippen LogP contribution is 2.29. The Morgan fingerprint density at radius 3 is 2.78 bits per heavy atom. The van der Waals surface area contributed by atoms with Crippen LogP contribution in [-0.4, -0.2) is 71.2 Å². The molecule has 1 saturated heterocycles. The molecule has 32 heavy (non-hydrogen) atoms. The van der Waals surface area contributed by atoms with E-state index in [4.69, 9.17) is 10.5 Å². The summed E-state index contributed by atoms with van der Waals surface area (Å²) in [4.78, 5) is 20.2. The number of anilines is 1. The van der Waals surface area contributed by atoms with Crippen molar-refractivity contribution in [1.29, 1.82) is 0 Å². The van der Waals surface area contributed by atoms with Crippen LogP contribution in [0.25, 0.3) is 21.9 Å². The van der Waals surface area contributed by atoms with Gasteiger partial charge in [0.15, 0.2) is 0 Å². The van der Waals surface area contributed by atoms with Gasteiger partial charge < -0.3 is 20.5 Å². The van der Waals surface area contributed by atoms with Gasteiger partial charge in [-0.25, -0.2) is 0 Å². The van der Waals surface area contributed by atoms with Gasteiger partial charge in [-0.15, -0.1) is 0 Å². The van der Waals surface area contributed by atoms with Crippen molar-refractivity contribution in [2.45, 2.75) is 19.4 Å². The number of pyridine rings is 1. The second-order valence-corrected chi connectivity index (χ2v) is 8.27. The van der Waals surface area contributed by atoms with Crippen LogP contribution in [0, 0.1) is 0 Å². The van der Waals surface area contributed by atoms with E-state index in [2.05, 4.69) is 18.0 Å². The third kappa shape index (κ3) is 5.18. The number of piperazine rings is 1. The Morgan fingerprint density at radius 2 is 2.00 bits per heavy atom. The van der Waals surface area contributed by atoms with Crippen molar-refractivity contribution in [3.63, 3.8) is 0 Å². The number of carbonyl (C=O) groups is 1. The maximum absolute atomic E-state index is 12.2. The minimum atomic E-state index is -0.669. The van der Waals surface area contributed by atoms with E-state index in [1.165, 1.54) is 0 Å². The van der Waals surface area contributed by atoms with Crippen LogP contribution < -0.4 is 10.5 Å². The zero-order valence-electron chi connectivity index (χ0n) is 18.4. The summed E-state index contributed by atoms with van der Waals surface area (Å²) in [7, 11) is 0. The van der Waals surface area contributed by atoms with E-state index in [1.807, 2.05) is 40.1 Å². The van der Waals surface area contributed by atoms with Crippen LogP contribution in [0.4, 0.5) is 5.69 Å². The van der Waals surface area contributed by atoms with Crippen LogP contribution in [0.15, 0.2) is 54.9 Å². The van der Waals surface area contributed by atoms with Gasteiger partial charge >= 0.3 is 0 Å². The molecule has 0 bridgehead atoms.